The van der Waals surface area contributed by atoms with E-state index in [2.05, 4.69) is 37.5 Å². The molecule has 80 valence electrons. The zero-order chi connectivity index (χ0) is 11.3. The number of hydrogen-bond acceptors (Lipinski definition) is 1. The predicted octanol–water partition coefficient (Wildman–Crippen LogP) is 4.05. The molecule has 0 saturated heterocycles. The number of allylic oxidation sites excluding steroid dienone is 1. The Bertz CT molecular complexity index is 367. The SMILES string of the molecule is CC(=C=Cc1ccccc1)O[Si](C)(C)C. The van der Waals surface area contributed by atoms with Gasteiger partial charge in [-0.3, -0.25) is 0 Å². The van der Waals surface area contributed by atoms with Crippen molar-refractivity contribution in [2.75, 3.05) is 0 Å². The van der Waals surface area contributed by atoms with Crippen LogP contribution in [0.15, 0.2) is 41.8 Å². The van der Waals surface area contributed by atoms with Gasteiger partial charge in [0.15, 0.2) is 0 Å². The van der Waals surface area contributed by atoms with Gasteiger partial charge in [-0.05, 0) is 38.2 Å². The van der Waals surface area contributed by atoms with Crippen LogP contribution < -0.4 is 0 Å². The van der Waals surface area contributed by atoms with E-state index in [0.29, 0.717) is 0 Å². The molecule has 0 unspecified atom stereocenters. The van der Waals surface area contributed by atoms with Crippen molar-refractivity contribution in [3.8, 4) is 0 Å². The molecule has 1 aromatic rings. The first kappa shape index (κ1) is 11.8. The summed E-state index contributed by atoms with van der Waals surface area (Å²) in [6, 6.07) is 10.1. The average molecular weight is 218 g/mol. The first-order chi connectivity index (χ1) is 6.97. The predicted molar refractivity (Wildman–Crippen MR) is 68.0 cm³/mol. The van der Waals surface area contributed by atoms with Gasteiger partial charge in [-0.2, -0.15) is 0 Å². The second-order valence-corrected chi connectivity index (χ2v) is 8.90. The molecular formula is C13H18OSi. The Morgan fingerprint density at radius 3 is 2.33 bits per heavy atom. The highest BCUT2D eigenvalue weighted by Gasteiger charge is 2.15. The molecule has 0 aliphatic carbocycles. The topological polar surface area (TPSA) is 9.23 Å². The molecule has 1 aromatic carbocycles. The lowest BCUT2D eigenvalue weighted by atomic mass is 10.2. The summed E-state index contributed by atoms with van der Waals surface area (Å²) in [5.41, 5.74) is 4.31. The highest BCUT2D eigenvalue weighted by molar-refractivity contribution is 6.70. The molecule has 1 rings (SSSR count). The summed E-state index contributed by atoms with van der Waals surface area (Å²) in [7, 11) is -1.48. The molecule has 0 heterocycles. The smallest absolute Gasteiger partial charge is 0.242 e. The molecule has 0 radical (unpaired) electrons. The van der Waals surface area contributed by atoms with Crippen LogP contribution in [-0.2, 0) is 4.43 Å². The number of hydrogen-bond donors (Lipinski definition) is 0. The van der Waals surface area contributed by atoms with Gasteiger partial charge >= 0.3 is 0 Å². The maximum atomic E-state index is 5.77. The van der Waals surface area contributed by atoms with Gasteiger partial charge in [-0.1, -0.05) is 36.1 Å². The third kappa shape index (κ3) is 5.26. The fourth-order valence-corrected chi connectivity index (χ4v) is 2.20. The van der Waals surface area contributed by atoms with Crippen molar-refractivity contribution in [2.24, 2.45) is 0 Å². The fourth-order valence-electron chi connectivity index (χ4n) is 1.22. The van der Waals surface area contributed by atoms with Crippen LogP contribution in [0.3, 0.4) is 0 Å². The minimum absolute atomic E-state index is 0.873. The zero-order valence-electron chi connectivity index (χ0n) is 9.87. The van der Waals surface area contributed by atoms with E-state index in [1.807, 2.05) is 31.2 Å². The van der Waals surface area contributed by atoms with Crippen LogP contribution in [-0.4, -0.2) is 8.32 Å². The van der Waals surface area contributed by atoms with E-state index in [9.17, 15) is 0 Å². The fraction of sp³-hybridized carbons (Fsp3) is 0.308. The third-order valence-corrected chi connectivity index (χ3v) is 2.62. The first-order valence-corrected chi connectivity index (χ1v) is 8.55. The molecule has 0 spiro atoms. The molecule has 1 nitrogen and oxygen atoms in total. The van der Waals surface area contributed by atoms with Crippen LogP contribution in [0.1, 0.15) is 12.5 Å². The van der Waals surface area contributed by atoms with Crippen LogP contribution in [0.25, 0.3) is 6.08 Å². The van der Waals surface area contributed by atoms with E-state index in [4.69, 9.17) is 4.43 Å². The number of benzene rings is 1. The summed E-state index contributed by atoms with van der Waals surface area (Å²) in [5.74, 6) is 0.873. The normalized spacial score (nSPS) is 10.4. The van der Waals surface area contributed by atoms with Crippen molar-refractivity contribution in [3.05, 3.63) is 47.4 Å². The van der Waals surface area contributed by atoms with Crippen LogP contribution in [0.2, 0.25) is 19.6 Å². The summed E-state index contributed by atoms with van der Waals surface area (Å²) < 4.78 is 5.77. The van der Waals surface area contributed by atoms with Crippen molar-refractivity contribution in [2.45, 2.75) is 26.6 Å². The molecule has 0 aromatic heterocycles. The van der Waals surface area contributed by atoms with Gasteiger partial charge in [0.1, 0.15) is 5.76 Å². The third-order valence-electron chi connectivity index (χ3n) is 1.70. The highest BCUT2D eigenvalue weighted by atomic mass is 28.4. The van der Waals surface area contributed by atoms with Gasteiger partial charge in [0.2, 0.25) is 8.32 Å². The second kappa shape index (κ2) is 5.01. The molecule has 15 heavy (non-hydrogen) atoms. The highest BCUT2D eigenvalue weighted by Crippen LogP contribution is 2.09. The maximum Gasteiger partial charge on any atom is 0.242 e. The van der Waals surface area contributed by atoms with Gasteiger partial charge in [-0.15, -0.1) is 0 Å². The molecule has 0 aliphatic heterocycles. The van der Waals surface area contributed by atoms with Crippen molar-refractivity contribution >= 4 is 14.4 Å². The van der Waals surface area contributed by atoms with Gasteiger partial charge in [-0.25, -0.2) is 0 Å². The summed E-state index contributed by atoms with van der Waals surface area (Å²) in [6.45, 7) is 8.46. The molecule has 0 amide bonds. The quantitative estimate of drug-likeness (QED) is 0.422. The molecule has 0 atom stereocenters. The molecule has 0 aliphatic rings. The Morgan fingerprint density at radius 2 is 1.80 bits per heavy atom. The summed E-state index contributed by atoms with van der Waals surface area (Å²) >= 11 is 0. The Labute approximate surface area is 93.2 Å². The lowest BCUT2D eigenvalue weighted by Crippen LogP contribution is -2.23. The monoisotopic (exact) mass is 218 g/mol. The molecule has 0 fully saturated rings. The van der Waals surface area contributed by atoms with Gasteiger partial charge in [0, 0.05) is 0 Å². The molecule has 0 saturated carbocycles. The molecule has 0 bridgehead atoms. The molecular weight excluding hydrogens is 200 g/mol. The first-order valence-electron chi connectivity index (χ1n) is 5.15. The van der Waals surface area contributed by atoms with E-state index < -0.39 is 8.32 Å². The average Bonchev–Trinajstić information content (AvgIpc) is 2.14. The standard InChI is InChI=1S/C13H18OSi/c1-12(14-15(2,3)4)10-11-13-8-6-5-7-9-13/h5-9,11H,1-4H3. The molecule has 0 N–H and O–H groups in total. The van der Waals surface area contributed by atoms with Crippen molar-refractivity contribution in [1.82, 2.24) is 0 Å². The van der Waals surface area contributed by atoms with E-state index in [-0.39, 0.29) is 0 Å². The van der Waals surface area contributed by atoms with Crippen LogP contribution in [0.4, 0.5) is 0 Å². The summed E-state index contributed by atoms with van der Waals surface area (Å²) in [5, 5.41) is 0. The van der Waals surface area contributed by atoms with E-state index in [1.165, 1.54) is 0 Å². The van der Waals surface area contributed by atoms with E-state index in [1.54, 1.807) is 0 Å². The van der Waals surface area contributed by atoms with E-state index >= 15 is 0 Å². The van der Waals surface area contributed by atoms with E-state index in [0.717, 1.165) is 11.3 Å². The number of rotatable bonds is 3. The van der Waals surface area contributed by atoms with Crippen molar-refractivity contribution in [3.63, 3.8) is 0 Å². The lowest BCUT2D eigenvalue weighted by Gasteiger charge is -2.17. The van der Waals surface area contributed by atoms with Gasteiger partial charge in [0.25, 0.3) is 0 Å². The largest absolute Gasteiger partial charge is 0.542 e. The summed E-state index contributed by atoms with van der Waals surface area (Å²) in [4.78, 5) is 0. The lowest BCUT2D eigenvalue weighted by molar-refractivity contribution is 0.426. The van der Waals surface area contributed by atoms with Crippen LogP contribution >= 0.6 is 0 Å². The zero-order valence-corrected chi connectivity index (χ0v) is 10.9. The van der Waals surface area contributed by atoms with Crippen molar-refractivity contribution < 1.29 is 4.43 Å². The maximum absolute atomic E-state index is 5.77. The van der Waals surface area contributed by atoms with Crippen molar-refractivity contribution in [1.29, 1.82) is 0 Å². The summed E-state index contributed by atoms with van der Waals surface area (Å²) in [6.07, 6.45) is 1.95. The Balaban J connectivity index is 2.75. The Morgan fingerprint density at radius 1 is 1.20 bits per heavy atom. The van der Waals surface area contributed by atoms with Gasteiger partial charge in [0.05, 0.1) is 0 Å². The molecule has 2 heteroatoms. The Hall–Kier alpha value is -1.24. The van der Waals surface area contributed by atoms with Crippen LogP contribution in [0.5, 0.6) is 0 Å². The second-order valence-electron chi connectivity index (χ2n) is 4.47. The van der Waals surface area contributed by atoms with Crippen LogP contribution in [0, 0.1) is 0 Å². The Kier molecular flexibility index (Phi) is 3.95. The van der Waals surface area contributed by atoms with Gasteiger partial charge < -0.3 is 4.43 Å². The minimum Gasteiger partial charge on any atom is -0.542 e. The minimum atomic E-state index is -1.48.